The lowest BCUT2D eigenvalue weighted by Gasteiger charge is -2.08. The Bertz CT molecular complexity index is 1210. The van der Waals surface area contributed by atoms with Gasteiger partial charge >= 0.3 is 0 Å². The maximum absolute atomic E-state index is 8.89. The SMILES string of the molecule is CCc1ccccc1-n1[nH]cc(-c2nnn(Cc3ccc(C#N)cc3)n2)c1=S. The maximum atomic E-state index is 8.89. The van der Waals surface area contributed by atoms with Gasteiger partial charge in [0.25, 0.3) is 0 Å². The first-order chi connectivity index (χ1) is 13.7. The van der Waals surface area contributed by atoms with Crippen LogP contribution < -0.4 is 0 Å². The van der Waals surface area contributed by atoms with Crippen molar-refractivity contribution in [1.29, 1.82) is 5.26 Å². The number of H-pyrrole nitrogens is 1. The van der Waals surface area contributed by atoms with Crippen LogP contribution in [0.5, 0.6) is 0 Å². The molecule has 0 aliphatic carbocycles. The molecule has 0 amide bonds. The van der Waals surface area contributed by atoms with Gasteiger partial charge in [0.15, 0.2) is 0 Å². The van der Waals surface area contributed by atoms with Crippen LogP contribution in [0, 0.1) is 16.0 Å². The molecule has 0 unspecified atom stereocenters. The fourth-order valence-electron chi connectivity index (χ4n) is 3.00. The Balaban J connectivity index is 1.62. The summed E-state index contributed by atoms with van der Waals surface area (Å²) in [5.41, 5.74) is 4.56. The fraction of sp³-hybridized carbons (Fsp3) is 0.150. The van der Waals surface area contributed by atoms with E-state index in [4.69, 9.17) is 17.5 Å². The number of nitrogens with zero attached hydrogens (tertiary/aromatic N) is 6. The minimum atomic E-state index is 0.467. The van der Waals surface area contributed by atoms with Gasteiger partial charge in [0, 0.05) is 6.20 Å². The number of aromatic amines is 1. The zero-order valence-corrected chi connectivity index (χ0v) is 16.0. The normalized spacial score (nSPS) is 10.7. The van der Waals surface area contributed by atoms with E-state index in [0.29, 0.717) is 22.6 Å². The predicted molar refractivity (Wildman–Crippen MR) is 107 cm³/mol. The van der Waals surface area contributed by atoms with E-state index in [1.54, 1.807) is 18.3 Å². The fourth-order valence-corrected chi connectivity index (χ4v) is 3.30. The first kappa shape index (κ1) is 17.8. The lowest BCUT2D eigenvalue weighted by Crippen LogP contribution is -2.04. The number of hydrogen-bond acceptors (Lipinski definition) is 5. The van der Waals surface area contributed by atoms with Crippen molar-refractivity contribution in [3.05, 3.63) is 76.1 Å². The molecule has 0 aliphatic heterocycles. The number of rotatable bonds is 5. The monoisotopic (exact) mass is 387 g/mol. The largest absolute Gasteiger partial charge is 0.299 e. The van der Waals surface area contributed by atoms with Crippen LogP contribution in [-0.2, 0) is 13.0 Å². The van der Waals surface area contributed by atoms with Crippen molar-refractivity contribution in [3.8, 4) is 23.1 Å². The third-order valence-electron chi connectivity index (χ3n) is 4.49. The van der Waals surface area contributed by atoms with Crippen LogP contribution in [-0.4, -0.2) is 30.0 Å². The van der Waals surface area contributed by atoms with Crippen LogP contribution >= 0.6 is 12.2 Å². The highest BCUT2D eigenvalue weighted by molar-refractivity contribution is 7.71. The van der Waals surface area contributed by atoms with E-state index in [9.17, 15) is 0 Å². The Morgan fingerprint density at radius 3 is 2.68 bits per heavy atom. The molecule has 7 nitrogen and oxygen atoms in total. The van der Waals surface area contributed by atoms with Gasteiger partial charge in [-0.25, -0.2) is 4.68 Å². The average Bonchev–Trinajstić information content (AvgIpc) is 3.34. The molecule has 2 heterocycles. The number of hydrogen-bond donors (Lipinski definition) is 1. The van der Waals surface area contributed by atoms with E-state index in [0.717, 1.165) is 23.2 Å². The Morgan fingerprint density at radius 1 is 1.14 bits per heavy atom. The number of aryl methyl sites for hydroxylation is 1. The molecule has 4 aromatic rings. The van der Waals surface area contributed by atoms with Crippen LogP contribution in [0.1, 0.15) is 23.6 Å². The molecule has 0 saturated heterocycles. The molecule has 0 spiro atoms. The van der Waals surface area contributed by atoms with Crippen molar-refractivity contribution in [2.75, 3.05) is 0 Å². The lowest BCUT2D eigenvalue weighted by molar-refractivity contribution is 0.573. The lowest BCUT2D eigenvalue weighted by atomic mass is 10.1. The number of benzene rings is 2. The first-order valence-corrected chi connectivity index (χ1v) is 9.26. The van der Waals surface area contributed by atoms with E-state index in [1.165, 1.54) is 10.4 Å². The van der Waals surface area contributed by atoms with Gasteiger partial charge in [0.2, 0.25) is 5.82 Å². The van der Waals surface area contributed by atoms with Crippen molar-refractivity contribution in [2.24, 2.45) is 0 Å². The molecule has 138 valence electrons. The average molecular weight is 387 g/mol. The third kappa shape index (κ3) is 3.35. The van der Waals surface area contributed by atoms with Crippen molar-refractivity contribution >= 4 is 12.2 Å². The minimum Gasteiger partial charge on any atom is -0.299 e. The molecule has 1 N–H and O–H groups in total. The standard InChI is InChI=1S/C20H17N7S/c1-2-16-5-3-4-6-18(16)27-20(28)17(12-22-27)19-23-25-26(24-19)13-15-9-7-14(11-21)8-10-15/h3-10,12,22H,2,13H2,1H3. The second kappa shape index (κ2) is 7.58. The van der Waals surface area contributed by atoms with E-state index in [2.05, 4.69) is 39.6 Å². The van der Waals surface area contributed by atoms with Gasteiger partial charge in [-0.2, -0.15) is 10.1 Å². The summed E-state index contributed by atoms with van der Waals surface area (Å²) in [6, 6.07) is 17.5. The van der Waals surface area contributed by atoms with Crippen LogP contribution in [0.2, 0.25) is 0 Å². The van der Waals surface area contributed by atoms with Crippen LogP contribution in [0.3, 0.4) is 0 Å². The van der Waals surface area contributed by atoms with Gasteiger partial charge in [-0.05, 0) is 41.0 Å². The number of nitriles is 1. The molecule has 2 aromatic carbocycles. The zero-order chi connectivity index (χ0) is 19.5. The van der Waals surface area contributed by atoms with E-state index >= 15 is 0 Å². The predicted octanol–water partition coefficient (Wildman–Crippen LogP) is 3.67. The highest BCUT2D eigenvalue weighted by Gasteiger charge is 2.14. The van der Waals surface area contributed by atoms with Crippen molar-refractivity contribution in [3.63, 3.8) is 0 Å². The number of para-hydroxylation sites is 1. The van der Waals surface area contributed by atoms with Crippen molar-refractivity contribution < 1.29 is 0 Å². The van der Waals surface area contributed by atoms with E-state index < -0.39 is 0 Å². The summed E-state index contributed by atoms with van der Waals surface area (Å²) < 4.78 is 2.48. The summed E-state index contributed by atoms with van der Waals surface area (Å²) in [5, 5.41) is 24.8. The van der Waals surface area contributed by atoms with Gasteiger partial charge in [0.1, 0.15) is 4.64 Å². The molecule has 8 heteroatoms. The summed E-state index contributed by atoms with van der Waals surface area (Å²) in [7, 11) is 0. The summed E-state index contributed by atoms with van der Waals surface area (Å²) in [6.07, 6.45) is 2.71. The maximum Gasteiger partial charge on any atom is 0.209 e. The molecule has 2 aromatic heterocycles. The van der Waals surface area contributed by atoms with Crippen LogP contribution in [0.4, 0.5) is 0 Å². The van der Waals surface area contributed by atoms with Gasteiger partial charge in [-0.1, -0.05) is 49.5 Å². The number of tetrazole rings is 1. The Kier molecular flexibility index (Phi) is 4.83. The second-order valence-electron chi connectivity index (χ2n) is 6.26. The molecule has 28 heavy (non-hydrogen) atoms. The van der Waals surface area contributed by atoms with Crippen molar-refractivity contribution in [2.45, 2.75) is 19.9 Å². The quantitative estimate of drug-likeness (QED) is 0.528. The van der Waals surface area contributed by atoms with Crippen LogP contribution in [0.25, 0.3) is 17.1 Å². The van der Waals surface area contributed by atoms with Gasteiger partial charge in [0.05, 0.1) is 29.4 Å². The highest BCUT2D eigenvalue weighted by atomic mass is 32.1. The molecule has 0 bridgehead atoms. The minimum absolute atomic E-state index is 0.467. The number of aromatic nitrogens is 6. The highest BCUT2D eigenvalue weighted by Crippen LogP contribution is 2.21. The molecule has 4 rings (SSSR count). The van der Waals surface area contributed by atoms with Crippen LogP contribution in [0.15, 0.2) is 54.7 Å². The molecule has 0 saturated carbocycles. The molecular weight excluding hydrogens is 370 g/mol. The zero-order valence-electron chi connectivity index (χ0n) is 15.2. The summed E-state index contributed by atoms with van der Waals surface area (Å²) in [5.74, 6) is 0.475. The first-order valence-electron chi connectivity index (χ1n) is 8.85. The van der Waals surface area contributed by atoms with E-state index in [-0.39, 0.29) is 0 Å². The third-order valence-corrected chi connectivity index (χ3v) is 4.89. The molecule has 0 aliphatic rings. The Hall–Kier alpha value is -3.57. The summed E-state index contributed by atoms with van der Waals surface area (Å²) in [4.78, 5) is 1.52. The topological polar surface area (TPSA) is 88.1 Å². The smallest absolute Gasteiger partial charge is 0.209 e. The van der Waals surface area contributed by atoms with Gasteiger partial charge in [-0.15, -0.1) is 10.2 Å². The Morgan fingerprint density at radius 2 is 1.93 bits per heavy atom. The Labute approximate surface area is 166 Å². The van der Waals surface area contributed by atoms with E-state index in [1.807, 2.05) is 35.0 Å². The molecule has 0 radical (unpaired) electrons. The molecular formula is C20H17N7S. The van der Waals surface area contributed by atoms with Crippen molar-refractivity contribution in [1.82, 2.24) is 30.0 Å². The summed E-state index contributed by atoms with van der Waals surface area (Å²) in [6.45, 7) is 2.58. The van der Waals surface area contributed by atoms with Gasteiger partial charge in [-0.3, -0.25) is 5.10 Å². The molecule has 0 atom stereocenters. The van der Waals surface area contributed by atoms with Gasteiger partial charge < -0.3 is 0 Å². The molecule has 0 fully saturated rings. The second-order valence-corrected chi connectivity index (χ2v) is 6.65. The number of nitrogens with one attached hydrogen (secondary N) is 1. The summed E-state index contributed by atoms with van der Waals surface area (Å²) >= 11 is 5.65.